The first-order valence-corrected chi connectivity index (χ1v) is 8.21. The summed E-state index contributed by atoms with van der Waals surface area (Å²) in [6.07, 6.45) is 0. The van der Waals surface area contributed by atoms with Crippen LogP contribution in [0.2, 0.25) is 0 Å². The lowest BCUT2D eigenvalue weighted by molar-refractivity contribution is 0.102. The molecule has 0 saturated heterocycles. The van der Waals surface area contributed by atoms with Gasteiger partial charge in [-0.05, 0) is 77.9 Å². The molecule has 0 heterocycles. The van der Waals surface area contributed by atoms with Gasteiger partial charge in [-0.25, -0.2) is 0 Å². The minimum absolute atomic E-state index is 0.183. The van der Waals surface area contributed by atoms with Crippen LogP contribution in [0.25, 0.3) is 0 Å². The molecule has 110 valence electrons. The number of anilines is 1. The van der Waals surface area contributed by atoms with Crippen LogP contribution in [0.4, 0.5) is 5.69 Å². The molecule has 2 aromatic rings. The minimum atomic E-state index is -0.183. The SMILES string of the molecule is COc1ccc(Br)cc1C(=O)Nc1cc(C)c(I)cc1C. The van der Waals surface area contributed by atoms with E-state index in [2.05, 4.69) is 49.9 Å². The predicted molar refractivity (Wildman–Crippen MR) is 97.3 cm³/mol. The van der Waals surface area contributed by atoms with Gasteiger partial charge in [-0.15, -0.1) is 0 Å². The fourth-order valence-corrected chi connectivity index (χ4v) is 2.95. The van der Waals surface area contributed by atoms with Gasteiger partial charge in [-0.2, -0.15) is 0 Å². The number of carbonyl (C=O) groups is 1. The zero-order valence-corrected chi connectivity index (χ0v) is 15.7. The normalized spacial score (nSPS) is 10.3. The highest BCUT2D eigenvalue weighted by Gasteiger charge is 2.14. The lowest BCUT2D eigenvalue weighted by Gasteiger charge is -2.13. The van der Waals surface area contributed by atoms with Crippen molar-refractivity contribution in [3.63, 3.8) is 0 Å². The number of hydrogen-bond acceptors (Lipinski definition) is 2. The van der Waals surface area contributed by atoms with Gasteiger partial charge in [0, 0.05) is 13.7 Å². The molecule has 0 aliphatic carbocycles. The van der Waals surface area contributed by atoms with E-state index in [0.717, 1.165) is 21.3 Å². The highest BCUT2D eigenvalue weighted by Crippen LogP contribution is 2.26. The number of methoxy groups -OCH3 is 1. The fraction of sp³-hybridized carbons (Fsp3) is 0.188. The van der Waals surface area contributed by atoms with Gasteiger partial charge in [0.15, 0.2) is 0 Å². The number of carbonyl (C=O) groups excluding carboxylic acids is 1. The van der Waals surface area contributed by atoms with Crippen LogP contribution in [0, 0.1) is 17.4 Å². The van der Waals surface area contributed by atoms with Gasteiger partial charge in [0.2, 0.25) is 0 Å². The van der Waals surface area contributed by atoms with Gasteiger partial charge in [0.25, 0.3) is 5.91 Å². The first kappa shape index (κ1) is 16.3. The van der Waals surface area contributed by atoms with Crippen LogP contribution >= 0.6 is 38.5 Å². The molecule has 0 spiro atoms. The molecule has 0 aliphatic rings. The van der Waals surface area contributed by atoms with Gasteiger partial charge in [-0.1, -0.05) is 15.9 Å². The Balaban J connectivity index is 2.34. The average Bonchev–Trinajstić information content (AvgIpc) is 2.44. The van der Waals surface area contributed by atoms with Crippen molar-refractivity contribution in [3.8, 4) is 5.75 Å². The van der Waals surface area contributed by atoms with E-state index in [1.807, 2.05) is 26.0 Å². The molecule has 0 aromatic heterocycles. The molecule has 21 heavy (non-hydrogen) atoms. The predicted octanol–water partition coefficient (Wildman–Crippen LogP) is 4.93. The number of aryl methyl sites for hydroxylation is 2. The van der Waals surface area contributed by atoms with E-state index in [4.69, 9.17) is 4.74 Å². The highest BCUT2D eigenvalue weighted by molar-refractivity contribution is 14.1. The molecule has 3 nitrogen and oxygen atoms in total. The molecule has 5 heteroatoms. The lowest BCUT2D eigenvalue weighted by Crippen LogP contribution is -2.14. The molecular formula is C16H15BrINO2. The Kier molecular flexibility index (Phi) is 5.27. The Morgan fingerprint density at radius 1 is 1.19 bits per heavy atom. The Morgan fingerprint density at radius 2 is 1.90 bits per heavy atom. The molecule has 0 unspecified atom stereocenters. The first-order valence-electron chi connectivity index (χ1n) is 6.34. The zero-order valence-electron chi connectivity index (χ0n) is 12.0. The summed E-state index contributed by atoms with van der Waals surface area (Å²) in [4.78, 5) is 12.5. The summed E-state index contributed by atoms with van der Waals surface area (Å²) in [6.45, 7) is 4.01. The second kappa shape index (κ2) is 6.79. The molecule has 0 bridgehead atoms. The number of nitrogens with one attached hydrogen (secondary N) is 1. The summed E-state index contributed by atoms with van der Waals surface area (Å²) in [5.74, 6) is 0.368. The summed E-state index contributed by atoms with van der Waals surface area (Å²) in [7, 11) is 1.56. The van der Waals surface area contributed by atoms with Crippen LogP contribution in [0.3, 0.4) is 0 Å². The minimum Gasteiger partial charge on any atom is -0.496 e. The second-order valence-electron chi connectivity index (χ2n) is 4.72. The van der Waals surface area contributed by atoms with E-state index in [-0.39, 0.29) is 5.91 Å². The standard InChI is InChI=1S/C16H15BrINO2/c1-9-7-14(10(2)6-13(9)18)19-16(20)12-8-11(17)4-5-15(12)21-3/h4-8H,1-3H3,(H,19,20). The maximum atomic E-state index is 12.5. The van der Waals surface area contributed by atoms with Crippen molar-refractivity contribution in [2.45, 2.75) is 13.8 Å². The average molecular weight is 460 g/mol. The Labute approximate surface area is 146 Å². The third-order valence-corrected chi connectivity index (χ3v) is 4.82. The molecule has 2 rings (SSSR count). The van der Waals surface area contributed by atoms with Crippen LogP contribution in [-0.4, -0.2) is 13.0 Å². The van der Waals surface area contributed by atoms with Crippen LogP contribution in [0.15, 0.2) is 34.8 Å². The van der Waals surface area contributed by atoms with Gasteiger partial charge < -0.3 is 10.1 Å². The number of halogens is 2. The molecule has 0 fully saturated rings. The van der Waals surface area contributed by atoms with Crippen LogP contribution in [-0.2, 0) is 0 Å². The van der Waals surface area contributed by atoms with E-state index in [0.29, 0.717) is 11.3 Å². The Morgan fingerprint density at radius 3 is 2.57 bits per heavy atom. The van der Waals surface area contributed by atoms with Crippen molar-refractivity contribution >= 4 is 50.1 Å². The Hall–Kier alpha value is -1.08. The highest BCUT2D eigenvalue weighted by atomic mass is 127. The monoisotopic (exact) mass is 459 g/mol. The maximum absolute atomic E-state index is 12.5. The van der Waals surface area contributed by atoms with E-state index in [1.165, 1.54) is 3.57 Å². The smallest absolute Gasteiger partial charge is 0.259 e. The lowest BCUT2D eigenvalue weighted by atomic mass is 10.1. The van der Waals surface area contributed by atoms with E-state index in [1.54, 1.807) is 19.2 Å². The molecule has 1 amide bonds. The number of rotatable bonds is 3. The third-order valence-electron chi connectivity index (χ3n) is 3.16. The molecular weight excluding hydrogens is 445 g/mol. The molecule has 0 atom stereocenters. The van der Waals surface area contributed by atoms with Crippen molar-refractivity contribution in [3.05, 3.63) is 55.1 Å². The Bertz CT molecular complexity index is 701. The summed E-state index contributed by atoms with van der Waals surface area (Å²) >= 11 is 5.67. The molecule has 0 aliphatic heterocycles. The molecule has 0 radical (unpaired) electrons. The van der Waals surface area contributed by atoms with Crippen LogP contribution < -0.4 is 10.1 Å². The largest absolute Gasteiger partial charge is 0.496 e. The van der Waals surface area contributed by atoms with Crippen molar-refractivity contribution in [2.24, 2.45) is 0 Å². The van der Waals surface area contributed by atoms with E-state index < -0.39 is 0 Å². The number of amides is 1. The van der Waals surface area contributed by atoms with Gasteiger partial charge >= 0.3 is 0 Å². The topological polar surface area (TPSA) is 38.3 Å². The summed E-state index contributed by atoms with van der Waals surface area (Å²) < 4.78 is 7.27. The summed E-state index contributed by atoms with van der Waals surface area (Å²) in [6, 6.07) is 9.41. The molecule has 1 N–H and O–H groups in total. The summed E-state index contributed by atoms with van der Waals surface area (Å²) in [5, 5.41) is 2.95. The quantitative estimate of drug-likeness (QED) is 0.660. The maximum Gasteiger partial charge on any atom is 0.259 e. The van der Waals surface area contributed by atoms with Crippen LogP contribution in [0.5, 0.6) is 5.75 Å². The molecule has 2 aromatic carbocycles. The van der Waals surface area contributed by atoms with Crippen molar-refractivity contribution in [1.29, 1.82) is 0 Å². The fourth-order valence-electron chi connectivity index (χ4n) is 1.96. The third kappa shape index (κ3) is 3.77. The van der Waals surface area contributed by atoms with Gasteiger partial charge in [0.1, 0.15) is 5.75 Å². The number of benzene rings is 2. The molecule has 0 saturated carbocycles. The van der Waals surface area contributed by atoms with Crippen molar-refractivity contribution < 1.29 is 9.53 Å². The number of ether oxygens (including phenoxy) is 1. The van der Waals surface area contributed by atoms with Crippen molar-refractivity contribution in [2.75, 3.05) is 12.4 Å². The van der Waals surface area contributed by atoms with E-state index in [9.17, 15) is 4.79 Å². The van der Waals surface area contributed by atoms with E-state index >= 15 is 0 Å². The van der Waals surface area contributed by atoms with Gasteiger partial charge in [-0.3, -0.25) is 4.79 Å². The van der Waals surface area contributed by atoms with Crippen LogP contribution in [0.1, 0.15) is 21.5 Å². The van der Waals surface area contributed by atoms with Crippen molar-refractivity contribution in [1.82, 2.24) is 0 Å². The first-order chi connectivity index (χ1) is 9.92. The summed E-state index contributed by atoms with van der Waals surface area (Å²) in [5.41, 5.74) is 3.49. The second-order valence-corrected chi connectivity index (χ2v) is 6.79. The number of hydrogen-bond donors (Lipinski definition) is 1. The van der Waals surface area contributed by atoms with Gasteiger partial charge in [0.05, 0.1) is 12.7 Å². The zero-order chi connectivity index (χ0) is 15.6.